The molecule has 1 aliphatic heterocycles. The molecule has 2 heterocycles. The van der Waals surface area contributed by atoms with Gasteiger partial charge >= 0.3 is 0 Å². The van der Waals surface area contributed by atoms with Crippen LogP contribution in [0.3, 0.4) is 0 Å². The fourth-order valence-electron chi connectivity index (χ4n) is 2.78. The van der Waals surface area contributed by atoms with E-state index in [0.717, 1.165) is 42.1 Å². The summed E-state index contributed by atoms with van der Waals surface area (Å²) in [4.78, 5) is 4.45. The summed E-state index contributed by atoms with van der Waals surface area (Å²) in [6, 6.07) is 0.630. The van der Waals surface area contributed by atoms with Crippen LogP contribution in [0.4, 0.5) is 0 Å². The van der Waals surface area contributed by atoms with E-state index in [1.165, 1.54) is 19.3 Å². The molecule has 1 N–H and O–H groups in total. The fraction of sp³-hybridized carbons (Fsp3) is 0.688. The van der Waals surface area contributed by atoms with E-state index >= 15 is 0 Å². The number of rotatable bonds is 6. The van der Waals surface area contributed by atoms with Crippen molar-refractivity contribution in [2.75, 3.05) is 20.3 Å². The lowest BCUT2D eigenvalue weighted by molar-refractivity contribution is 0.105. The fourth-order valence-corrected chi connectivity index (χ4v) is 2.78. The highest BCUT2D eigenvalue weighted by atomic mass is 16.5. The maximum absolute atomic E-state index is 5.78. The van der Waals surface area contributed by atoms with Crippen molar-refractivity contribution in [3.63, 3.8) is 0 Å². The van der Waals surface area contributed by atoms with E-state index in [1.807, 2.05) is 20.0 Å². The van der Waals surface area contributed by atoms with Gasteiger partial charge in [-0.15, -0.1) is 0 Å². The summed E-state index contributed by atoms with van der Waals surface area (Å²) in [6.07, 6.45) is 6.87. The largest absolute Gasteiger partial charge is 0.496 e. The van der Waals surface area contributed by atoms with Crippen molar-refractivity contribution < 1.29 is 9.47 Å². The van der Waals surface area contributed by atoms with Crippen LogP contribution in [0.1, 0.15) is 42.5 Å². The predicted molar refractivity (Wildman–Crippen MR) is 80.2 cm³/mol. The Morgan fingerprint density at radius 1 is 1.35 bits per heavy atom. The molecule has 0 radical (unpaired) electrons. The van der Waals surface area contributed by atoms with Crippen LogP contribution in [0.25, 0.3) is 0 Å². The Labute approximate surface area is 121 Å². The molecule has 2 rings (SSSR count). The van der Waals surface area contributed by atoms with Gasteiger partial charge in [-0.05, 0) is 39.7 Å². The molecule has 1 atom stereocenters. The minimum absolute atomic E-state index is 0.565. The van der Waals surface area contributed by atoms with E-state index in [-0.39, 0.29) is 0 Å². The Hall–Kier alpha value is -1.13. The van der Waals surface area contributed by atoms with Gasteiger partial charge in [0.05, 0.1) is 19.4 Å². The van der Waals surface area contributed by atoms with Crippen LogP contribution in [-0.4, -0.2) is 31.3 Å². The molecular weight excluding hydrogens is 252 g/mol. The van der Waals surface area contributed by atoms with Crippen LogP contribution >= 0.6 is 0 Å². The third kappa shape index (κ3) is 3.93. The Balaban J connectivity index is 1.79. The van der Waals surface area contributed by atoms with Crippen LogP contribution in [0.2, 0.25) is 0 Å². The standard InChI is InChI=1S/C16H26N2O2/c1-12-10-18-15(13(2)16(12)19-3)11-20-9-7-14-6-4-5-8-17-14/h10,14,17H,4-9,11H2,1-3H3. The number of nitrogens with zero attached hydrogens (tertiary/aromatic N) is 1. The van der Waals surface area contributed by atoms with Crippen LogP contribution in [-0.2, 0) is 11.3 Å². The lowest BCUT2D eigenvalue weighted by atomic mass is 10.0. The Bertz CT molecular complexity index is 429. The number of methoxy groups -OCH3 is 1. The van der Waals surface area contributed by atoms with Crippen molar-refractivity contribution in [2.24, 2.45) is 0 Å². The number of hydrogen-bond donors (Lipinski definition) is 1. The molecule has 0 saturated carbocycles. The lowest BCUT2D eigenvalue weighted by Gasteiger charge is -2.23. The average Bonchev–Trinajstić information content (AvgIpc) is 2.47. The Kier molecular flexibility index (Phi) is 5.80. The Morgan fingerprint density at radius 2 is 2.20 bits per heavy atom. The van der Waals surface area contributed by atoms with Crippen LogP contribution in [0.5, 0.6) is 5.75 Å². The topological polar surface area (TPSA) is 43.4 Å². The van der Waals surface area contributed by atoms with E-state index in [9.17, 15) is 0 Å². The summed E-state index contributed by atoms with van der Waals surface area (Å²) in [5.74, 6) is 0.924. The molecule has 0 amide bonds. The van der Waals surface area contributed by atoms with Crippen molar-refractivity contribution in [3.05, 3.63) is 23.0 Å². The van der Waals surface area contributed by atoms with Crippen LogP contribution in [0.15, 0.2) is 6.20 Å². The highest BCUT2D eigenvalue weighted by Gasteiger charge is 2.13. The molecule has 0 aromatic carbocycles. The maximum Gasteiger partial charge on any atom is 0.128 e. The van der Waals surface area contributed by atoms with E-state index in [0.29, 0.717) is 12.6 Å². The number of hydrogen-bond acceptors (Lipinski definition) is 4. The molecular formula is C16H26N2O2. The smallest absolute Gasteiger partial charge is 0.128 e. The number of ether oxygens (including phenoxy) is 2. The molecule has 1 fully saturated rings. The van der Waals surface area contributed by atoms with Gasteiger partial charge < -0.3 is 14.8 Å². The molecule has 0 spiro atoms. The molecule has 112 valence electrons. The minimum Gasteiger partial charge on any atom is -0.496 e. The van der Waals surface area contributed by atoms with Gasteiger partial charge in [-0.3, -0.25) is 4.98 Å². The first-order chi connectivity index (χ1) is 9.72. The Morgan fingerprint density at radius 3 is 2.90 bits per heavy atom. The van der Waals surface area contributed by atoms with E-state index in [2.05, 4.69) is 10.3 Å². The van der Waals surface area contributed by atoms with Crippen molar-refractivity contribution >= 4 is 0 Å². The second kappa shape index (κ2) is 7.60. The van der Waals surface area contributed by atoms with Crippen LogP contribution in [0, 0.1) is 13.8 Å². The van der Waals surface area contributed by atoms with E-state index in [1.54, 1.807) is 7.11 Å². The van der Waals surface area contributed by atoms with Crippen molar-refractivity contribution in [1.29, 1.82) is 0 Å². The summed E-state index contributed by atoms with van der Waals surface area (Å²) < 4.78 is 11.2. The monoisotopic (exact) mass is 278 g/mol. The maximum atomic E-state index is 5.78. The summed E-state index contributed by atoms with van der Waals surface area (Å²) >= 11 is 0. The van der Waals surface area contributed by atoms with Gasteiger partial charge in [0.1, 0.15) is 5.75 Å². The number of nitrogens with one attached hydrogen (secondary N) is 1. The molecule has 1 unspecified atom stereocenters. The zero-order valence-electron chi connectivity index (χ0n) is 12.9. The zero-order valence-corrected chi connectivity index (χ0v) is 12.9. The number of pyridine rings is 1. The van der Waals surface area contributed by atoms with Crippen molar-refractivity contribution in [1.82, 2.24) is 10.3 Å². The highest BCUT2D eigenvalue weighted by Crippen LogP contribution is 2.24. The van der Waals surface area contributed by atoms with E-state index in [4.69, 9.17) is 9.47 Å². The van der Waals surface area contributed by atoms with Gasteiger partial charge in [0, 0.05) is 30.0 Å². The summed E-state index contributed by atoms with van der Waals surface area (Å²) in [5, 5.41) is 3.54. The molecule has 0 bridgehead atoms. The normalized spacial score (nSPS) is 19.1. The zero-order chi connectivity index (χ0) is 14.4. The van der Waals surface area contributed by atoms with Crippen molar-refractivity contribution in [2.45, 2.75) is 52.2 Å². The minimum atomic E-state index is 0.565. The average molecular weight is 278 g/mol. The highest BCUT2D eigenvalue weighted by molar-refractivity contribution is 5.40. The van der Waals surface area contributed by atoms with Gasteiger partial charge in [-0.1, -0.05) is 6.42 Å². The quantitative estimate of drug-likeness (QED) is 0.813. The van der Waals surface area contributed by atoms with Crippen molar-refractivity contribution in [3.8, 4) is 5.75 Å². The van der Waals surface area contributed by atoms with Gasteiger partial charge in [0.15, 0.2) is 0 Å². The van der Waals surface area contributed by atoms with Gasteiger partial charge in [0.2, 0.25) is 0 Å². The van der Waals surface area contributed by atoms with Gasteiger partial charge in [-0.25, -0.2) is 0 Å². The molecule has 0 aliphatic carbocycles. The second-order valence-corrected chi connectivity index (χ2v) is 5.53. The third-order valence-corrected chi connectivity index (χ3v) is 4.01. The van der Waals surface area contributed by atoms with Gasteiger partial charge in [-0.2, -0.15) is 0 Å². The molecule has 1 aliphatic rings. The third-order valence-electron chi connectivity index (χ3n) is 4.01. The molecule has 1 aromatic rings. The summed E-state index contributed by atoms with van der Waals surface area (Å²) in [7, 11) is 1.70. The number of piperidine rings is 1. The molecule has 4 nitrogen and oxygen atoms in total. The number of aromatic nitrogens is 1. The lowest BCUT2D eigenvalue weighted by Crippen LogP contribution is -2.34. The van der Waals surface area contributed by atoms with Gasteiger partial charge in [0.25, 0.3) is 0 Å². The second-order valence-electron chi connectivity index (χ2n) is 5.53. The SMILES string of the molecule is COc1c(C)cnc(COCCC2CCCCN2)c1C. The molecule has 1 saturated heterocycles. The van der Waals surface area contributed by atoms with Crippen LogP contribution < -0.4 is 10.1 Å². The first kappa shape index (κ1) is 15.3. The predicted octanol–water partition coefficient (Wildman–Crippen LogP) is 2.76. The molecule has 20 heavy (non-hydrogen) atoms. The first-order valence-electron chi connectivity index (χ1n) is 7.52. The summed E-state index contributed by atoms with van der Waals surface area (Å²) in [6.45, 7) is 6.56. The molecule has 4 heteroatoms. The molecule has 1 aromatic heterocycles. The summed E-state index contributed by atoms with van der Waals surface area (Å²) in [5.41, 5.74) is 3.13. The number of aryl methyl sites for hydroxylation is 1. The first-order valence-corrected chi connectivity index (χ1v) is 7.52. The van der Waals surface area contributed by atoms with E-state index < -0.39 is 0 Å².